The van der Waals surface area contributed by atoms with Gasteiger partial charge in [0, 0.05) is 23.4 Å². The molecule has 3 N–H and O–H groups in total. The summed E-state index contributed by atoms with van der Waals surface area (Å²) in [6.45, 7) is 0. The maximum atomic E-state index is 11.8. The summed E-state index contributed by atoms with van der Waals surface area (Å²) in [4.78, 5) is 22.2. The van der Waals surface area contributed by atoms with Crippen LogP contribution in [0.1, 0.15) is 5.56 Å². The number of nitrogens with one attached hydrogen (secondary N) is 2. The molecule has 1 amide bonds. The standard InChI is InChI=1S/C13H14N2O3S/c16-12(17)6-3-9-1-4-10(5-2-9)15-13(18)11-7-19-8-14-11/h1-6,11,14H,7-8H2,(H,15,18)(H,16,17)/b6-3+. The first-order valence-electron chi connectivity index (χ1n) is 5.78. The van der Waals surface area contributed by atoms with Crippen molar-refractivity contribution < 1.29 is 14.7 Å². The summed E-state index contributed by atoms with van der Waals surface area (Å²) in [7, 11) is 0. The van der Waals surface area contributed by atoms with E-state index in [0.29, 0.717) is 5.69 Å². The molecular formula is C13H14N2O3S. The van der Waals surface area contributed by atoms with Gasteiger partial charge in [-0.3, -0.25) is 10.1 Å². The zero-order chi connectivity index (χ0) is 13.7. The van der Waals surface area contributed by atoms with Gasteiger partial charge in [-0.1, -0.05) is 12.1 Å². The Hall–Kier alpha value is -1.79. The van der Waals surface area contributed by atoms with Crippen LogP contribution in [0.15, 0.2) is 30.3 Å². The molecule has 1 unspecified atom stereocenters. The lowest BCUT2D eigenvalue weighted by Gasteiger charge is -2.10. The third-order valence-corrected chi connectivity index (χ3v) is 3.57. The minimum Gasteiger partial charge on any atom is -0.478 e. The molecule has 0 bridgehead atoms. The van der Waals surface area contributed by atoms with Crippen LogP contribution in [-0.2, 0) is 9.59 Å². The molecule has 1 saturated heterocycles. The van der Waals surface area contributed by atoms with E-state index < -0.39 is 5.97 Å². The van der Waals surface area contributed by atoms with Gasteiger partial charge >= 0.3 is 5.97 Å². The Morgan fingerprint density at radius 1 is 1.37 bits per heavy atom. The van der Waals surface area contributed by atoms with Crippen LogP contribution in [0.2, 0.25) is 0 Å². The Bertz CT molecular complexity index is 493. The number of carbonyl (C=O) groups excluding carboxylic acids is 1. The molecule has 1 atom stereocenters. The van der Waals surface area contributed by atoms with Crippen LogP contribution in [0, 0.1) is 0 Å². The quantitative estimate of drug-likeness (QED) is 0.725. The first-order chi connectivity index (χ1) is 9.15. The van der Waals surface area contributed by atoms with E-state index in [0.717, 1.165) is 23.3 Å². The minimum atomic E-state index is -0.984. The summed E-state index contributed by atoms with van der Waals surface area (Å²) in [5, 5.41) is 14.4. The Balaban J connectivity index is 1.94. The van der Waals surface area contributed by atoms with Crippen molar-refractivity contribution in [2.24, 2.45) is 0 Å². The second-order valence-electron chi connectivity index (χ2n) is 4.05. The first-order valence-corrected chi connectivity index (χ1v) is 6.94. The van der Waals surface area contributed by atoms with Crippen LogP contribution in [0.4, 0.5) is 5.69 Å². The molecule has 0 aliphatic carbocycles. The van der Waals surface area contributed by atoms with Crippen molar-refractivity contribution in [2.45, 2.75) is 6.04 Å². The van der Waals surface area contributed by atoms with Gasteiger partial charge in [-0.15, -0.1) is 11.8 Å². The smallest absolute Gasteiger partial charge is 0.328 e. The fourth-order valence-corrected chi connectivity index (χ4v) is 2.58. The van der Waals surface area contributed by atoms with Gasteiger partial charge in [0.25, 0.3) is 0 Å². The molecule has 1 aromatic rings. The first kappa shape index (κ1) is 13.6. The van der Waals surface area contributed by atoms with Crippen LogP contribution in [-0.4, -0.2) is 34.7 Å². The summed E-state index contributed by atoms with van der Waals surface area (Å²) in [5.41, 5.74) is 1.48. The highest BCUT2D eigenvalue weighted by molar-refractivity contribution is 7.99. The van der Waals surface area contributed by atoms with E-state index in [9.17, 15) is 9.59 Å². The Kier molecular flexibility index (Phi) is 4.59. The lowest BCUT2D eigenvalue weighted by Crippen LogP contribution is -2.37. The summed E-state index contributed by atoms with van der Waals surface area (Å²) in [6.07, 6.45) is 2.58. The molecule has 1 heterocycles. The van der Waals surface area contributed by atoms with Gasteiger partial charge in [-0.05, 0) is 23.8 Å². The number of carbonyl (C=O) groups is 2. The van der Waals surface area contributed by atoms with Gasteiger partial charge in [0.05, 0.1) is 6.04 Å². The maximum absolute atomic E-state index is 11.8. The fourth-order valence-electron chi connectivity index (χ4n) is 1.64. The zero-order valence-corrected chi connectivity index (χ0v) is 10.9. The number of hydrogen-bond acceptors (Lipinski definition) is 4. The molecule has 0 radical (unpaired) electrons. The predicted octanol–water partition coefficient (Wildman–Crippen LogP) is 1.39. The summed E-state index contributed by atoms with van der Waals surface area (Å²) < 4.78 is 0. The van der Waals surface area contributed by atoms with Gasteiger partial charge in [0.1, 0.15) is 0 Å². The van der Waals surface area contributed by atoms with Gasteiger partial charge in [-0.2, -0.15) is 0 Å². The number of rotatable bonds is 4. The fraction of sp³-hybridized carbons (Fsp3) is 0.231. The SMILES string of the molecule is O=C(O)/C=C/c1ccc(NC(=O)C2CSCN2)cc1. The number of amides is 1. The van der Waals surface area contributed by atoms with Crippen molar-refractivity contribution in [2.75, 3.05) is 16.9 Å². The van der Waals surface area contributed by atoms with Crippen LogP contribution in [0.5, 0.6) is 0 Å². The maximum Gasteiger partial charge on any atom is 0.328 e. The van der Waals surface area contributed by atoms with Crippen molar-refractivity contribution in [1.29, 1.82) is 0 Å². The number of benzene rings is 1. The average Bonchev–Trinajstić information content (AvgIpc) is 2.92. The monoisotopic (exact) mass is 278 g/mol. The van der Waals surface area contributed by atoms with Crippen molar-refractivity contribution in [1.82, 2.24) is 5.32 Å². The molecule has 0 aromatic heterocycles. The molecule has 2 rings (SSSR count). The Morgan fingerprint density at radius 3 is 2.68 bits per heavy atom. The normalized spacial score (nSPS) is 18.6. The number of thioether (sulfide) groups is 1. The highest BCUT2D eigenvalue weighted by Crippen LogP contribution is 2.14. The molecule has 6 heteroatoms. The zero-order valence-electron chi connectivity index (χ0n) is 10.1. The third kappa shape index (κ3) is 4.11. The van der Waals surface area contributed by atoms with Crippen molar-refractivity contribution in [3.63, 3.8) is 0 Å². The predicted molar refractivity (Wildman–Crippen MR) is 76.0 cm³/mol. The van der Waals surface area contributed by atoms with Crippen LogP contribution in [0.3, 0.4) is 0 Å². The van der Waals surface area contributed by atoms with E-state index >= 15 is 0 Å². The summed E-state index contributed by atoms with van der Waals surface area (Å²) >= 11 is 1.70. The molecule has 1 fully saturated rings. The van der Waals surface area contributed by atoms with Crippen molar-refractivity contribution in [3.8, 4) is 0 Å². The van der Waals surface area contributed by atoms with Crippen LogP contribution in [0.25, 0.3) is 6.08 Å². The lowest BCUT2D eigenvalue weighted by molar-refractivity contribution is -0.131. The molecule has 0 spiro atoms. The van der Waals surface area contributed by atoms with Gasteiger partial charge in [0.2, 0.25) is 5.91 Å². The number of aliphatic carboxylic acids is 1. The average molecular weight is 278 g/mol. The highest BCUT2D eigenvalue weighted by Gasteiger charge is 2.22. The molecule has 19 heavy (non-hydrogen) atoms. The Labute approximate surface area is 115 Å². The number of anilines is 1. The van der Waals surface area contributed by atoms with Gasteiger partial charge in [-0.25, -0.2) is 4.79 Å². The molecule has 0 saturated carbocycles. The molecule has 1 aromatic carbocycles. The molecule has 1 aliphatic rings. The minimum absolute atomic E-state index is 0.0428. The second kappa shape index (κ2) is 6.40. The summed E-state index contributed by atoms with van der Waals surface area (Å²) in [5.74, 6) is 0.559. The topological polar surface area (TPSA) is 78.4 Å². The highest BCUT2D eigenvalue weighted by atomic mass is 32.2. The largest absolute Gasteiger partial charge is 0.478 e. The number of carboxylic acids is 1. The lowest BCUT2D eigenvalue weighted by atomic mass is 10.2. The van der Waals surface area contributed by atoms with Crippen molar-refractivity contribution in [3.05, 3.63) is 35.9 Å². The van der Waals surface area contributed by atoms with Gasteiger partial charge in [0.15, 0.2) is 0 Å². The molecule has 1 aliphatic heterocycles. The van der Waals surface area contributed by atoms with E-state index in [4.69, 9.17) is 5.11 Å². The second-order valence-corrected chi connectivity index (χ2v) is 5.08. The van der Waals surface area contributed by atoms with Crippen LogP contribution >= 0.6 is 11.8 Å². The van der Waals surface area contributed by atoms with E-state index in [1.54, 1.807) is 36.0 Å². The summed E-state index contributed by atoms with van der Waals surface area (Å²) in [6, 6.07) is 6.87. The number of carboxylic acid groups (broad SMARTS) is 1. The van der Waals surface area contributed by atoms with Gasteiger partial charge < -0.3 is 10.4 Å². The molecular weight excluding hydrogens is 264 g/mol. The van der Waals surface area contributed by atoms with E-state index in [1.807, 2.05) is 0 Å². The van der Waals surface area contributed by atoms with Crippen LogP contribution < -0.4 is 10.6 Å². The van der Waals surface area contributed by atoms with E-state index in [2.05, 4.69) is 10.6 Å². The molecule has 5 nitrogen and oxygen atoms in total. The Morgan fingerprint density at radius 2 is 2.11 bits per heavy atom. The third-order valence-electron chi connectivity index (χ3n) is 2.63. The van der Waals surface area contributed by atoms with E-state index in [1.165, 1.54) is 6.08 Å². The van der Waals surface area contributed by atoms with E-state index in [-0.39, 0.29) is 11.9 Å². The molecule has 100 valence electrons. The van der Waals surface area contributed by atoms with Crippen molar-refractivity contribution >= 4 is 35.4 Å². The number of hydrogen-bond donors (Lipinski definition) is 3.